The summed E-state index contributed by atoms with van der Waals surface area (Å²) in [4.78, 5) is 11.8. The van der Waals surface area contributed by atoms with Crippen LogP contribution >= 0.6 is 0 Å². The van der Waals surface area contributed by atoms with Gasteiger partial charge in [0, 0.05) is 12.3 Å². The molecule has 0 saturated carbocycles. The Labute approximate surface area is 130 Å². The summed E-state index contributed by atoms with van der Waals surface area (Å²) in [5.41, 5.74) is 0.742. The molecule has 1 aromatic carbocycles. The van der Waals surface area contributed by atoms with Gasteiger partial charge in [0.2, 0.25) is 0 Å². The summed E-state index contributed by atoms with van der Waals surface area (Å²) in [6.07, 6.45) is 1.59. The molecule has 6 heteroatoms. The van der Waals surface area contributed by atoms with E-state index in [-0.39, 0.29) is 16.8 Å². The van der Waals surface area contributed by atoms with E-state index >= 15 is 0 Å². The van der Waals surface area contributed by atoms with Crippen molar-refractivity contribution in [1.29, 1.82) is 0 Å². The fourth-order valence-corrected chi connectivity index (χ4v) is 2.30. The van der Waals surface area contributed by atoms with Gasteiger partial charge in [-0.1, -0.05) is 12.1 Å². The lowest BCUT2D eigenvalue weighted by Crippen LogP contribution is -2.41. The summed E-state index contributed by atoms with van der Waals surface area (Å²) in [6, 6.07) is 10.6. The summed E-state index contributed by atoms with van der Waals surface area (Å²) in [7, 11) is -0.403. The molecule has 114 valence electrons. The lowest BCUT2D eigenvalue weighted by molar-refractivity contribution is 0.00578. The zero-order chi connectivity index (χ0) is 16.0. The molecule has 1 aromatic heterocycles. The van der Waals surface area contributed by atoms with E-state index in [0.717, 1.165) is 5.46 Å². The van der Waals surface area contributed by atoms with E-state index in [2.05, 4.69) is 5.10 Å². The maximum atomic E-state index is 11.8. The van der Waals surface area contributed by atoms with Crippen LogP contribution in [0.3, 0.4) is 0 Å². The quantitative estimate of drug-likeness (QED) is 0.789. The van der Waals surface area contributed by atoms with Gasteiger partial charge in [-0.2, -0.15) is 9.78 Å². The van der Waals surface area contributed by atoms with Gasteiger partial charge >= 0.3 is 7.12 Å². The lowest BCUT2D eigenvalue weighted by atomic mass is 9.79. The van der Waals surface area contributed by atoms with Crippen LogP contribution in [-0.2, 0) is 9.31 Å². The third kappa shape index (κ3) is 2.49. The molecule has 0 radical (unpaired) electrons. The van der Waals surface area contributed by atoms with E-state index in [1.807, 2.05) is 52.0 Å². The van der Waals surface area contributed by atoms with Crippen LogP contribution in [0.1, 0.15) is 27.7 Å². The molecule has 1 fully saturated rings. The Morgan fingerprint density at radius 3 is 2.14 bits per heavy atom. The minimum Gasteiger partial charge on any atom is -0.399 e. The summed E-state index contributed by atoms with van der Waals surface area (Å²) in [5, 5.41) is 4.06. The predicted molar refractivity (Wildman–Crippen MR) is 85.6 cm³/mol. The van der Waals surface area contributed by atoms with E-state index in [4.69, 9.17) is 9.31 Å². The first-order valence-electron chi connectivity index (χ1n) is 7.30. The van der Waals surface area contributed by atoms with Crippen molar-refractivity contribution < 1.29 is 9.31 Å². The van der Waals surface area contributed by atoms with E-state index in [0.29, 0.717) is 5.69 Å². The molecule has 2 heterocycles. The molecule has 5 nitrogen and oxygen atoms in total. The Bertz CT molecular complexity index is 722. The Kier molecular flexibility index (Phi) is 3.46. The summed E-state index contributed by atoms with van der Waals surface area (Å²) < 4.78 is 13.4. The zero-order valence-corrected chi connectivity index (χ0v) is 13.2. The Morgan fingerprint density at radius 2 is 1.59 bits per heavy atom. The molecule has 1 aliphatic heterocycles. The highest BCUT2D eigenvalue weighted by Crippen LogP contribution is 2.36. The van der Waals surface area contributed by atoms with Gasteiger partial charge in [0.05, 0.1) is 16.9 Å². The van der Waals surface area contributed by atoms with Gasteiger partial charge in [0.25, 0.3) is 5.56 Å². The molecule has 3 rings (SSSR count). The molecule has 0 atom stereocenters. The van der Waals surface area contributed by atoms with Crippen molar-refractivity contribution in [3.8, 4) is 5.69 Å². The monoisotopic (exact) mass is 298 g/mol. The number of rotatable bonds is 2. The number of hydrogen-bond acceptors (Lipinski definition) is 4. The molecule has 0 aliphatic carbocycles. The van der Waals surface area contributed by atoms with Crippen LogP contribution in [0.25, 0.3) is 5.69 Å². The van der Waals surface area contributed by atoms with Crippen LogP contribution in [0.15, 0.2) is 47.4 Å². The Balaban J connectivity index is 1.88. The van der Waals surface area contributed by atoms with Crippen molar-refractivity contribution in [3.63, 3.8) is 0 Å². The smallest absolute Gasteiger partial charge is 0.399 e. The van der Waals surface area contributed by atoms with E-state index in [1.54, 1.807) is 12.3 Å². The van der Waals surface area contributed by atoms with Gasteiger partial charge in [-0.15, -0.1) is 0 Å². The lowest BCUT2D eigenvalue weighted by Gasteiger charge is -2.32. The van der Waals surface area contributed by atoms with Gasteiger partial charge in [-0.25, -0.2) is 0 Å². The standard InChI is InChI=1S/C16H19BN2O3/c1-15(2)16(3,4)22-17(21-15)12-7-9-13(10-8-12)19-14(20)6-5-11-18-19/h5-11H,1-4H3. The molecule has 0 bridgehead atoms. The molecule has 1 aliphatic rings. The van der Waals surface area contributed by atoms with Crippen molar-refractivity contribution in [2.75, 3.05) is 0 Å². The Hall–Kier alpha value is -1.92. The average molecular weight is 298 g/mol. The number of aromatic nitrogens is 2. The predicted octanol–water partition coefficient (Wildman–Crippen LogP) is 1.53. The third-order valence-electron chi connectivity index (χ3n) is 4.38. The van der Waals surface area contributed by atoms with Gasteiger partial charge in [-0.3, -0.25) is 4.79 Å². The van der Waals surface area contributed by atoms with E-state index < -0.39 is 7.12 Å². The highest BCUT2D eigenvalue weighted by Gasteiger charge is 2.51. The van der Waals surface area contributed by atoms with Crippen LogP contribution in [-0.4, -0.2) is 28.1 Å². The van der Waals surface area contributed by atoms with Crippen molar-refractivity contribution in [1.82, 2.24) is 9.78 Å². The summed E-state index contributed by atoms with van der Waals surface area (Å²) in [5.74, 6) is 0. The Morgan fingerprint density at radius 1 is 1.00 bits per heavy atom. The van der Waals surface area contributed by atoms with Gasteiger partial charge in [-0.05, 0) is 51.4 Å². The first kappa shape index (κ1) is 15.0. The minimum absolute atomic E-state index is 0.161. The molecule has 22 heavy (non-hydrogen) atoms. The average Bonchev–Trinajstić information content (AvgIpc) is 2.68. The van der Waals surface area contributed by atoms with Crippen molar-refractivity contribution >= 4 is 12.6 Å². The fraction of sp³-hybridized carbons (Fsp3) is 0.375. The van der Waals surface area contributed by atoms with Gasteiger partial charge in [0.1, 0.15) is 0 Å². The van der Waals surface area contributed by atoms with Gasteiger partial charge < -0.3 is 9.31 Å². The molecule has 0 unspecified atom stereocenters. The number of nitrogens with zero attached hydrogens (tertiary/aromatic N) is 2. The molecule has 0 spiro atoms. The van der Waals surface area contributed by atoms with Crippen LogP contribution in [0, 0.1) is 0 Å². The highest BCUT2D eigenvalue weighted by molar-refractivity contribution is 6.62. The summed E-state index contributed by atoms with van der Waals surface area (Å²) in [6.45, 7) is 8.09. The normalized spacial score (nSPS) is 19.4. The second-order valence-electron chi connectivity index (χ2n) is 6.45. The van der Waals surface area contributed by atoms with Crippen LogP contribution in [0.2, 0.25) is 0 Å². The topological polar surface area (TPSA) is 53.4 Å². The maximum absolute atomic E-state index is 11.8. The van der Waals surface area contributed by atoms with E-state index in [9.17, 15) is 4.79 Å². The van der Waals surface area contributed by atoms with Crippen LogP contribution in [0.4, 0.5) is 0 Å². The second-order valence-corrected chi connectivity index (χ2v) is 6.45. The SMILES string of the molecule is CC1(C)OB(c2ccc(-n3ncccc3=O)cc2)OC1(C)C. The van der Waals surface area contributed by atoms with Crippen LogP contribution in [0.5, 0.6) is 0 Å². The molecule has 2 aromatic rings. The largest absolute Gasteiger partial charge is 0.494 e. The molecular weight excluding hydrogens is 279 g/mol. The number of hydrogen-bond donors (Lipinski definition) is 0. The highest BCUT2D eigenvalue weighted by atomic mass is 16.7. The first-order valence-corrected chi connectivity index (χ1v) is 7.30. The van der Waals surface area contributed by atoms with Gasteiger partial charge in [0.15, 0.2) is 0 Å². The molecule has 0 N–H and O–H groups in total. The molecule has 1 saturated heterocycles. The van der Waals surface area contributed by atoms with Crippen molar-refractivity contribution in [3.05, 3.63) is 52.9 Å². The fourth-order valence-electron chi connectivity index (χ4n) is 2.30. The molecule has 0 amide bonds. The van der Waals surface area contributed by atoms with Crippen molar-refractivity contribution in [2.24, 2.45) is 0 Å². The third-order valence-corrected chi connectivity index (χ3v) is 4.38. The second kappa shape index (κ2) is 5.07. The first-order chi connectivity index (χ1) is 10.3. The molecular formula is C16H19BN2O3. The zero-order valence-electron chi connectivity index (χ0n) is 13.2. The van der Waals surface area contributed by atoms with Crippen molar-refractivity contribution in [2.45, 2.75) is 38.9 Å². The minimum atomic E-state index is -0.403. The number of benzene rings is 1. The summed E-state index contributed by atoms with van der Waals surface area (Å²) >= 11 is 0. The van der Waals surface area contributed by atoms with E-state index in [1.165, 1.54) is 10.7 Å². The van der Waals surface area contributed by atoms with Crippen LogP contribution < -0.4 is 11.0 Å². The maximum Gasteiger partial charge on any atom is 0.494 e.